The molecule has 17 heteroatoms. The quantitative estimate of drug-likeness (QED) is 0.115. The maximum Gasteiger partial charge on any atom is 0.470 e. The van der Waals surface area contributed by atoms with Gasteiger partial charge in [0.2, 0.25) is 0 Å². The molecule has 0 bridgehead atoms. The lowest BCUT2D eigenvalue weighted by molar-refractivity contribution is -0.565. The first-order valence-electron chi connectivity index (χ1n) is 27.4. The number of ether oxygens (including phenoxy) is 1. The van der Waals surface area contributed by atoms with Gasteiger partial charge in [-0.1, -0.05) is 173 Å². The standard InChI is InChI=1S/C60H75B6N4O7/c1-55(2,3)40-32-33-67-53(36-40)70-49-27-20-19-26-45(49)46-31-30-44(38-52(46)70)71-43-25-23-24-42(37-43)68-39-69(51-29-22-21-28-50(51)68)54-47(61-72-63(57(7,8)9)76-64(73-61)58(10,11)12)34-41(56(4,5)6)35-48(54)62-74-65(59(13,14)15)77-66(75-62)60(16,17)18/h19-39H,1-18H3/q+1. The molecule has 0 saturated carbocycles. The van der Waals surface area contributed by atoms with Crippen LogP contribution in [0.15, 0.2) is 128 Å². The van der Waals surface area contributed by atoms with E-state index in [-0.39, 0.29) is 32.1 Å². The largest absolute Gasteiger partial charge is 0.470 e. The highest BCUT2D eigenvalue weighted by Crippen LogP contribution is 2.41. The maximum absolute atomic E-state index is 7.06. The van der Waals surface area contributed by atoms with Crippen LogP contribution < -0.4 is 20.2 Å². The fraction of sp³-hybridized carbons (Fsp3) is 0.400. The third-order valence-electron chi connectivity index (χ3n) is 14.5. The lowest BCUT2D eigenvalue weighted by Crippen LogP contribution is -2.64. The number of imidazole rings is 1. The van der Waals surface area contributed by atoms with Crippen LogP contribution in [0, 0.1) is 0 Å². The van der Waals surface area contributed by atoms with E-state index in [1.54, 1.807) is 0 Å². The summed E-state index contributed by atoms with van der Waals surface area (Å²) in [6.07, 6.45) is 4.06. The molecule has 3 aromatic heterocycles. The van der Waals surface area contributed by atoms with Crippen molar-refractivity contribution in [3.63, 3.8) is 0 Å². The zero-order chi connectivity index (χ0) is 55.4. The second-order valence-electron chi connectivity index (χ2n) is 27.7. The third kappa shape index (κ3) is 11.0. The van der Waals surface area contributed by atoms with Crippen LogP contribution in [-0.4, -0.2) is 56.8 Å². The van der Waals surface area contributed by atoms with E-state index in [0.717, 1.165) is 66.5 Å². The van der Waals surface area contributed by atoms with Gasteiger partial charge < -0.3 is 32.2 Å². The zero-order valence-corrected chi connectivity index (χ0v) is 48.7. The van der Waals surface area contributed by atoms with Crippen molar-refractivity contribution in [1.82, 2.24) is 14.1 Å². The zero-order valence-electron chi connectivity index (χ0n) is 48.7. The third-order valence-corrected chi connectivity index (χ3v) is 14.5. The van der Waals surface area contributed by atoms with E-state index >= 15 is 0 Å². The highest BCUT2D eigenvalue weighted by molar-refractivity contribution is 6.84. The van der Waals surface area contributed by atoms with Crippen LogP contribution in [0.2, 0.25) is 21.3 Å². The monoisotopic (exact) mass is 1030 g/mol. The molecule has 2 saturated heterocycles. The fourth-order valence-electron chi connectivity index (χ4n) is 10.1. The molecule has 11 nitrogen and oxygen atoms in total. The molecule has 394 valence electrons. The molecule has 0 amide bonds. The first-order chi connectivity index (χ1) is 35.9. The molecule has 0 aliphatic carbocycles. The molecule has 2 fully saturated rings. The Balaban J connectivity index is 1.14. The minimum atomic E-state index is -0.842. The van der Waals surface area contributed by atoms with Crippen LogP contribution >= 0.6 is 0 Å². The van der Waals surface area contributed by atoms with Crippen molar-refractivity contribution in [2.75, 3.05) is 0 Å². The molecule has 5 aromatic carbocycles. The molecule has 5 heterocycles. The summed E-state index contributed by atoms with van der Waals surface area (Å²) in [5, 5.41) is 0.775. The summed E-state index contributed by atoms with van der Waals surface area (Å²) in [5.74, 6) is 2.27. The normalized spacial score (nSPS) is 15.7. The highest BCUT2D eigenvalue weighted by atomic mass is 16.7. The maximum atomic E-state index is 7.06. The molecule has 0 N–H and O–H groups in total. The molecule has 2 aliphatic heterocycles. The van der Waals surface area contributed by atoms with Crippen LogP contribution in [0.1, 0.15) is 136 Å². The van der Waals surface area contributed by atoms with E-state index in [9.17, 15) is 0 Å². The molecule has 2 aliphatic rings. The first-order valence-corrected chi connectivity index (χ1v) is 27.4. The lowest BCUT2D eigenvalue weighted by atomic mass is 9.49. The predicted molar refractivity (Wildman–Crippen MR) is 320 cm³/mol. The average Bonchev–Trinajstić information content (AvgIpc) is 4.12. The Morgan fingerprint density at radius 2 is 0.961 bits per heavy atom. The SMILES string of the molecule is CC(C)(C)B1OB(c2cc(C(C)(C)C)cc(B3OB(C(C)(C)C)OB(C(C)(C)C)O3)c2-[n+]2cn(-c3cccc(Oc4ccc5c6ccccc6n(-c6cc(C(C)(C)C)ccn6)c5c4)c3)c3ccccc32)OB(C(C)(C)C)O1. The van der Waals surface area contributed by atoms with E-state index in [0.29, 0.717) is 11.5 Å². The predicted octanol–water partition coefficient (Wildman–Crippen LogP) is 13.5. The molecular weight excluding hydrogens is 954 g/mol. The summed E-state index contributed by atoms with van der Waals surface area (Å²) >= 11 is 0. The Bertz CT molecular complexity index is 3390. The fourth-order valence-corrected chi connectivity index (χ4v) is 10.1. The van der Waals surface area contributed by atoms with Crippen LogP contribution in [-0.2, 0) is 38.3 Å². The van der Waals surface area contributed by atoms with Crippen LogP contribution in [0.4, 0.5) is 0 Å². The van der Waals surface area contributed by atoms with Gasteiger partial charge in [-0.25, -0.2) is 4.98 Å². The summed E-state index contributed by atoms with van der Waals surface area (Å²) in [7, 11) is -4.02. The van der Waals surface area contributed by atoms with Crippen molar-refractivity contribution in [1.29, 1.82) is 0 Å². The smallest absolute Gasteiger partial charge is 0.457 e. The number of pyridine rings is 1. The van der Waals surface area contributed by atoms with Gasteiger partial charge in [0, 0.05) is 40.0 Å². The molecule has 0 spiro atoms. The molecule has 8 aromatic rings. The number of benzene rings is 5. The number of aromatic nitrogens is 4. The van der Waals surface area contributed by atoms with Crippen molar-refractivity contribution >= 4 is 86.5 Å². The summed E-state index contributed by atoms with van der Waals surface area (Å²) < 4.78 is 55.2. The van der Waals surface area contributed by atoms with Gasteiger partial charge in [-0.05, 0) is 97.8 Å². The van der Waals surface area contributed by atoms with E-state index in [4.69, 9.17) is 37.2 Å². The molecular formula is C60H75B6N4O7+. The number of hydrogen-bond acceptors (Lipinski definition) is 8. The van der Waals surface area contributed by atoms with Gasteiger partial charge in [0.05, 0.1) is 11.0 Å². The summed E-state index contributed by atoms with van der Waals surface area (Å²) in [5.41, 5.74) is 9.36. The molecule has 0 radical (unpaired) electrons. The van der Waals surface area contributed by atoms with Gasteiger partial charge in [-0.3, -0.25) is 4.57 Å². The van der Waals surface area contributed by atoms with Crippen molar-refractivity contribution in [3.05, 3.63) is 139 Å². The van der Waals surface area contributed by atoms with E-state index in [1.807, 2.05) is 18.3 Å². The second kappa shape index (κ2) is 19.7. The minimum absolute atomic E-state index is 0.0419. The number of fused-ring (bicyclic) bond motifs is 4. The van der Waals surface area contributed by atoms with Crippen LogP contribution in [0.3, 0.4) is 0 Å². The van der Waals surface area contributed by atoms with Gasteiger partial charge >= 0.3 is 42.7 Å². The Morgan fingerprint density at radius 1 is 0.455 bits per heavy atom. The Morgan fingerprint density at radius 3 is 1.51 bits per heavy atom. The molecule has 0 unspecified atom stereocenters. The Hall–Kier alpha value is -5.53. The Kier molecular flexibility index (Phi) is 14.0. The van der Waals surface area contributed by atoms with Crippen LogP contribution in [0.25, 0.3) is 50.0 Å². The molecule has 10 rings (SSSR count). The number of rotatable bonds is 7. The summed E-state index contributed by atoms with van der Waals surface area (Å²) in [6, 6.07) is 40.4. The number of para-hydroxylation sites is 3. The van der Waals surface area contributed by atoms with Crippen molar-refractivity contribution < 1.29 is 36.7 Å². The average molecular weight is 1030 g/mol. The van der Waals surface area contributed by atoms with E-state index < -0.39 is 42.7 Å². The first kappa shape index (κ1) is 54.8. The van der Waals surface area contributed by atoms with Gasteiger partial charge in [-0.2, -0.15) is 9.13 Å². The van der Waals surface area contributed by atoms with Gasteiger partial charge in [0.25, 0.3) is 6.33 Å². The van der Waals surface area contributed by atoms with Gasteiger partial charge in [-0.15, -0.1) is 0 Å². The topological polar surface area (TPSA) is 91.2 Å². The van der Waals surface area contributed by atoms with Gasteiger partial charge in [0.1, 0.15) is 28.7 Å². The number of hydrogen-bond donors (Lipinski definition) is 0. The Labute approximate surface area is 459 Å². The van der Waals surface area contributed by atoms with Crippen molar-refractivity contribution in [3.8, 4) is 28.7 Å². The second-order valence-corrected chi connectivity index (χ2v) is 27.7. The van der Waals surface area contributed by atoms with Crippen molar-refractivity contribution in [2.24, 2.45) is 0 Å². The van der Waals surface area contributed by atoms with E-state index in [2.05, 4.69) is 248 Å². The molecule has 77 heavy (non-hydrogen) atoms. The van der Waals surface area contributed by atoms with E-state index in [1.165, 1.54) is 5.56 Å². The van der Waals surface area contributed by atoms with Crippen LogP contribution in [0.5, 0.6) is 11.5 Å². The van der Waals surface area contributed by atoms with Crippen molar-refractivity contribution in [2.45, 2.75) is 157 Å². The number of nitrogens with zero attached hydrogens (tertiary/aromatic N) is 4. The van der Waals surface area contributed by atoms with Gasteiger partial charge in [0.15, 0.2) is 11.0 Å². The summed E-state index contributed by atoms with van der Waals surface area (Å²) in [4.78, 5) is 4.91. The highest BCUT2D eigenvalue weighted by Gasteiger charge is 2.55. The lowest BCUT2D eigenvalue weighted by Gasteiger charge is -2.42. The minimum Gasteiger partial charge on any atom is -0.457 e. The summed E-state index contributed by atoms with van der Waals surface area (Å²) in [6.45, 7) is 39.1. The molecule has 0 atom stereocenters.